The summed E-state index contributed by atoms with van der Waals surface area (Å²) in [5.74, 6) is -1.35. The lowest BCUT2D eigenvalue weighted by Crippen LogP contribution is -2.56. The Morgan fingerprint density at radius 3 is 2.07 bits per heavy atom. The number of carbonyl (C=O) groups is 2. The second-order valence-electron chi connectivity index (χ2n) is 10.9. The molecule has 1 saturated carbocycles. The number of carbonyl (C=O) groups excluding carboxylic acids is 1. The quantitative estimate of drug-likeness (QED) is 0.235. The molecular weight excluding hydrogens is 628 g/mol. The first-order valence-corrected chi connectivity index (χ1v) is 15.1. The van der Waals surface area contributed by atoms with E-state index in [0.717, 1.165) is 49.6 Å². The first kappa shape index (κ1) is 33.5. The Balaban J connectivity index is 0.00000141. The van der Waals surface area contributed by atoms with Crippen LogP contribution < -0.4 is 5.32 Å². The van der Waals surface area contributed by atoms with Gasteiger partial charge < -0.3 is 15.3 Å². The third-order valence-electron chi connectivity index (χ3n) is 8.62. The van der Waals surface area contributed by atoms with Crippen LogP contribution in [-0.2, 0) is 29.8 Å². The normalized spacial score (nSPS) is 22.6. The van der Waals surface area contributed by atoms with Crippen LogP contribution in [0.1, 0.15) is 49.7 Å². The van der Waals surface area contributed by atoms with Gasteiger partial charge in [0.15, 0.2) is 9.84 Å². The van der Waals surface area contributed by atoms with Gasteiger partial charge in [-0.15, -0.1) is 0 Å². The Hall–Kier alpha value is -3.43. The summed E-state index contributed by atoms with van der Waals surface area (Å²) in [6, 6.07) is 4.14. The highest BCUT2D eigenvalue weighted by Gasteiger charge is 2.74. The van der Waals surface area contributed by atoms with E-state index in [0.29, 0.717) is 18.9 Å². The van der Waals surface area contributed by atoms with Gasteiger partial charge in [-0.05, 0) is 55.2 Å². The number of rotatable bonds is 4. The molecule has 16 heteroatoms. The molecular formula is C28H28F8N2O5S. The van der Waals surface area contributed by atoms with E-state index in [2.05, 4.69) is 5.32 Å². The van der Waals surface area contributed by atoms with Gasteiger partial charge in [-0.1, -0.05) is 31.4 Å². The van der Waals surface area contributed by atoms with Gasteiger partial charge >= 0.3 is 18.0 Å². The first-order chi connectivity index (χ1) is 20.5. The zero-order chi connectivity index (χ0) is 32.7. The molecule has 2 heterocycles. The van der Waals surface area contributed by atoms with E-state index < -0.39 is 55.7 Å². The van der Waals surface area contributed by atoms with Crippen LogP contribution in [-0.4, -0.2) is 62.3 Å². The molecule has 1 saturated heterocycles. The zero-order valence-electron chi connectivity index (χ0n) is 22.9. The molecule has 44 heavy (non-hydrogen) atoms. The fourth-order valence-corrected chi connectivity index (χ4v) is 8.86. The van der Waals surface area contributed by atoms with Crippen LogP contribution in [0.15, 0.2) is 47.4 Å². The summed E-state index contributed by atoms with van der Waals surface area (Å²) in [5.41, 5.74) is -8.08. The second-order valence-corrected chi connectivity index (χ2v) is 13.1. The molecule has 5 rings (SSSR count). The topological polar surface area (TPSA) is 104 Å². The summed E-state index contributed by atoms with van der Waals surface area (Å²) in [6.45, 7) is -0.617. The van der Waals surface area contributed by atoms with Gasteiger partial charge in [0, 0.05) is 30.3 Å². The van der Waals surface area contributed by atoms with E-state index in [4.69, 9.17) is 9.90 Å². The van der Waals surface area contributed by atoms with Crippen molar-refractivity contribution < 1.29 is 58.2 Å². The second kappa shape index (κ2) is 11.8. The van der Waals surface area contributed by atoms with Crippen LogP contribution >= 0.6 is 0 Å². The Labute approximate surface area is 247 Å². The predicted octanol–water partition coefficient (Wildman–Crippen LogP) is 6.09. The van der Waals surface area contributed by atoms with Crippen molar-refractivity contribution in [1.82, 2.24) is 4.90 Å². The van der Waals surface area contributed by atoms with E-state index >= 15 is 0 Å². The molecule has 2 unspecified atom stereocenters. The molecule has 0 radical (unpaired) electrons. The first-order valence-electron chi connectivity index (χ1n) is 13.6. The minimum absolute atomic E-state index is 0.0402. The number of anilines is 1. The number of nitrogens with one attached hydrogen (secondary N) is 1. The summed E-state index contributed by atoms with van der Waals surface area (Å²) in [5, 5.41) is 9.56. The summed E-state index contributed by atoms with van der Waals surface area (Å²) in [7, 11) is -4.53. The number of alkyl halides is 7. The molecule has 2 fully saturated rings. The maximum Gasteiger partial charge on any atom is 0.435 e. The van der Waals surface area contributed by atoms with Crippen molar-refractivity contribution in [3.63, 3.8) is 0 Å². The lowest BCUT2D eigenvalue weighted by atomic mass is 9.83. The van der Waals surface area contributed by atoms with Crippen molar-refractivity contribution in [2.45, 2.75) is 72.2 Å². The Bertz CT molecular complexity index is 1480. The third-order valence-corrected chi connectivity index (χ3v) is 11.2. The predicted molar refractivity (Wildman–Crippen MR) is 140 cm³/mol. The Kier molecular flexibility index (Phi) is 8.99. The Morgan fingerprint density at radius 1 is 0.955 bits per heavy atom. The number of nitrogens with zero attached hydrogens (tertiary/aromatic N) is 1. The number of likely N-dealkylation sites (tertiary alicyclic amines) is 1. The SMILES string of the molecule is O=C(C1CCCCC1)N1CCC2(S(=O)(=O)c3ccc(F)cc3)c3ccc(C(F)(C(F)(F)F)C(F)(F)F)cc3NCC12.O=CO. The molecule has 242 valence electrons. The zero-order valence-corrected chi connectivity index (χ0v) is 23.7. The fourth-order valence-electron chi connectivity index (χ4n) is 6.55. The lowest BCUT2D eigenvalue weighted by Gasteiger charge is -2.44. The number of sulfone groups is 1. The number of hydrogen-bond acceptors (Lipinski definition) is 5. The van der Waals surface area contributed by atoms with Crippen molar-refractivity contribution in [2.24, 2.45) is 5.92 Å². The Morgan fingerprint density at radius 2 is 1.52 bits per heavy atom. The van der Waals surface area contributed by atoms with Crippen LogP contribution in [0.3, 0.4) is 0 Å². The van der Waals surface area contributed by atoms with Crippen molar-refractivity contribution in [1.29, 1.82) is 0 Å². The highest BCUT2D eigenvalue weighted by molar-refractivity contribution is 7.92. The van der Waals surface area contributed by atoms with Gasteiger partial charge in [0.05, 0.1) is 10.9 Å². The molecule has 2 aromatic rings. The third kappa shape index (κ3) is 5.28. The average Bonchev–Trinajstić information content (AvgIpc) is 3.38. The smallest absolute Gasteiger partial charge is 0.435 e. The molecule has 2 aliphatic heterocycles. The summed E-state index contributed by atoms with van der Waals surface area (Å²) in [4.78, 5) is 23.0. The van der Waals surface area contributed by atoms with E-state index in [9.17, 15) is 48.3 Å². The minimum Gasteiger partial charge on any atom is -0.483 e. The molecule has 3 aliphatic rings. The molecule has 1 amide bonds. The van der Waals surface area contributed by atoms with Gasteiger partial charge in [-0.25, -0.2) is 17.2 Å². The molecule has 2 atom stereocenters. The standard InChI is InChI=1S/C27H26F8N2O3S.CH2O2/c28-18-7-9-19(10-8-18)41(39,40)24-12-13-37(23(38)16-4-2-1-3-5-16)22(24)15-36-21-14-17(6-11-20(21)24)25(29,26(30,31)32)27(33,34)35;2-1-3/h6-11,14,16,22,36H,1-5,12-13,15H2;1H,(H,2,3). The van der Waals surface area contributed by atoms with Crippen molar-refractivity contribution in [3.8, 4) is 0 Å². The van der Waals surface area contributed by atoms with Crippen LogP contribution in [0.25, 0.3) is 0 Å². The maximum atomic E-state index is 14.9. The monoisotopic (exact) mass is 656 g/mol. The molecule has 2 N–H and O–H groups in total. The summed E-state index contributed by atoms with van der Waals surface area (Å²) < 4.78 is 136. The number of fused-ring (bicyclic) bond motifs is 3. The van der Waals surface area contributed by atoms with Crippen molar-refractivity contribution in [2.75, 3.05) is 18.4 Å². The molecule has 1 aliphatic carbocycles. The summed E-state index contributed by atoms with van der Waals surface area (Å²) >= 11 is 0. The van der Waals surface area contributed by atoms with Crippen LogP contribution in [0.2, 0.25) is 0 Å². The van der Waals surface area contributed by atoms with E-state index in [1.165, 1.54) is 4.90 Å². The van der Waals surface area contributed by atoms with Gasteiger partial charge in [0.1, 0.15) is 10.6 Å². The highest BCUT2D eigenvalue weighted by atomic mass is 32.2. The molecule has 0 bridgehead atoms. The number of hydrogen-bond donors (Lipinski definition) is 2. The van der Waals surface area contributed by atoms with E-state index in [1.54, 1.807) is 0 Å². The molecule has 0 aromatic heterocycles. The molecule has 0 spiro atoms. The summed E-state index contributed by atoms with van der Waals surface area (Å²) in [6.07, 6.45) is -9.11. The maximum absolute atomic E-state index is 14.9. The number of amides is 1. The molecule has 7 nitrogen and oxygen atoms in total. The minimum atomic E-state index is -6.36. The molecule has 2 aromatic carbocycles. The van der Waals surface area contributed by atoms with Crippen LogP contribution in [0.5, 0.6) is 0 Å². The van der Waals surface area contributed by atoms with E-state index in [-0.39, 0.29) is 54.3 Å². The van der Waals surface area contributed by atoms with E-state index in [1.807, 2.05) is 0 Å². The largest absolute Gasteiger partial charge is 0.483 e. The highest BCUT2D eigenvalue weighted by Crippen LogP contribution is 2.57. The van der Waals surface area contributed by atoms with Gasteiger partial charge in [-0.2, -0.15) is 26.3 Å². The van der Waals surface area contributed by atoms with Gasteiger partial charge in [0.25, 0.3) is 6.47 Å². The number of halogens is 8. The fraction of sp³-hybridized carbons (Fsp3) is 0.500. The average molecular weight is 657 g/mol. The van der Waals surface area contributed by atoms with Gasteiger partial charge in [-0.3, -0.25) is 9.59 Å². The lowest BCUT2D eigenvalue weighted by molar-refractivity contribution is -0.348. The van der Waals surface area contributed by atoms with Crippen molar-refractivity contribution >= 4 is 27.9 Å². The van der Waals surface area contributed by atoms with Crippen molar-refractivity contribution in [3.05, 3.63) is 59.4 Å². The number of carboxylic acid groups (broad SMARTS) is 1. The van der Waals surface area contributed by atoms with Crippen LogP contribution in [0.4, 0.5) is 40.8 Å². The number of benzene rings is 2. The van der Waals surface area contributed by atoms with Crippen LogP contribution in [0, 0.1) is 11.7 Å². The van der Waals surface area contributed by atoms with Gasteiger partial charge in [0.2, 0.25) is 5.91 Å².